The first kappa shape index (κ1) is 13.5. The summed E-state index contributed by atoms with van der Waals surface area (Å²) in [6.45, 7) is 5.55. The summed E-state index contributed by atoms with van der Waals surface area (Å²) in [7, 11) is 0. The normalized spacial score (nSPS) is 11.4. The van der Waals surface area contributed by atoms with Crippen LogP contribution in [0, 0.1) is 13.8 Å². The molecule has 0 saturated carbocycles. The van der Waals surface area contributed by atoms with Gasteiger partial charge in [-0.3, -0.25) is 5.43 Å². The lowest BCUT2D eigenvalue weighted by molar-refractivity contribution is 0.886. The van der Waals surface area contributed by atoms with Crippen molar-refractivity contribution in [1.29, 1.82) is 0 Å². The molecule has 6 nitrogen and oxygen atoms in total. The third kappa shape index (κ3) is 2.98. The zero-order chi connectivity index (χ0) is 13.2. The Morgan fingerprint density at radius 3 is 2.35 bits per heavy atom. The van der Waals surface area contributed by atoms with E-state index in [0.29, 0.717) is 0 Å². The predicted octanol–water partition coefficient (Wildman–Crippen LogP) is 0.149. The van der Waals surface area contributed by atoms with Gasteiger partial charge in [-0.25, -0.2) is 4.68 Å². The highest BCUT2D eigenvalue weighted by Gasteiger charge is 2.15. The molecule has 0 saturated heterocycles. The zero-order valence-electron chi connectivity index (χ0n) is 9.81. The fourth-order valence-electron chi connectivity index (χ4n) is 1.58. The van der Waals surface area contributed by atoms with E-state index in [1.54, 1.807) is 0 Å². The molecule has 1 rings (SSSR count). The van der Waals surface area contributed by atoms with Crippen LogP contribution in [0.5, 0.6) is 0 Å². The largest absolute Gasteiger partial charge is 0.375 e. The Hall–Kier alpha value is -1.54. The monoisotopic (exact) mass is 270 g/mol. The molecule has 0 atom stereocenters. The Bertz CT molecular complexity index is 502. The maximum absolute atomic E-state index is 5.55. The summed E-state index contributed by atoms with van der Waals surface area (Å²) in [5.41, 5.74) is 16.6. The smallest absolute Gasteiger partial charge is 0.191 e. The number of nitrogens with two attached hydrogens (primary N) is 2. The van der Waals surface area contributed by atoms with Crippen molar-refractivity contribution < 1.29 is 0 Å². The van der Waals surface area contributed by atoms with Crippen LogP contribution in [-0.4, -0.2) is 25.7 Å². The average Bonchev–Trinajstić information content (AvgIpc) is 2.51. The van der Waals surface area contributed by atoms with Crippen molar-refractivity contribution >= 4 is 40.4 Å². The van der Waals surface area contributed by atoms with Crippen molar-refractivity contribution in [1.82, 2.24) is 15.2 Å². The Kier molecular flexibility index (Phi) is 4.13. The van der Waals surface area contributed by atoms with Gasteiger partial charge in [0.25, 0.3) is 0 Å². The number of nitrogens with one attached hydrogen (secondary N) is 1. The Morgan fingerprint density at radius 2 is 1.94 bits per heavy atom. The zero-order valence-corrected chi connectivity index (χ0v) is 11.4. The Balaban J connectivity index is 3.18. The second-order valence-electron chi connectivity index (χ2n) is 3.47. The summed E-state index contributed by atoms with van der Waals surface area (Å²) in [5.74, 6) is 0. The number of thiocarbonyl (C=S) groups is 2. The van der Waals surface area contributed by atoms with Crippen LogP contribution in [0.3, 0.4) is 0 Å². The molecule has 8 heteroatoms. The maximum atomic E-state index is 5.55. The lowest BCUT2D eigenvalue weighted by Crippen LogP contribution is -2.25. The minimum atomic E-state index is 0.112. The molecule has 1 aromatic heterocycles. The number of aromatic nitrogens is 2. The number of rotatable bonds is 2. The van der Waals surface area contributed by atoms with Gasteiger partial charge >= 0.3 is 0 Å². The quantitative estimate of drug-likeness (QED) is 0.402. The van der Waals surface area contributed by atoms with Gasteiger partial charge in [0.1, 0.15) is 0 Å². The molecule has 0 aliphatic heterocycles. The van der Waals surface area contributed by atoms with Gasteiger partial charge < -0.3 is 11.5 Å². The van der Waals surface area contributed by atoms with Crippen molar-refractivity contribution in [3.05, 3.63) is 17.0 Å². The first-order valence-electron chi connectivity index (χ1n) is 4.80. The van der Waals surface area contributed by atoms with Crippen LogP contribution in [0.15, 0.2) is 5.10 Å². The molecule has 1 heterocycles. The van der Waals surface area contributed by atoms with Gasteiger partial charge in [-0.2, -0.15) is 10.2 Å². The topological polar surface area (TPSA) is 94.2 Å². The van der Waals surface area contributed by atoms with Gasteiger partial charge in [-0.1, -0.05) is 0 Å². The summed E-state index contributed by atoms with van der Waals surface area (Å²) in [6, 6.07) is 0. The van der Waals surface area contributed by atoms with Crippen molar-refractivity contribution in [2.24, 2.45) is 16.6 Å². The molecule has 1 aromatic rings. The highest BCUT2D eigenvalue weighted by Crippen LogP contribution is 2.13. The third-order valence-corrected chi connectivity index (χ3v) is 2.46. The second-order valence-corrected chi connectivity index (χ2v) is 4.33. The molecular weight excluding hydrogens is 256 g/mol. The van der Waals surface area contributed by atoms with E-state index in [2.05, 4.69) is 27.8 Å². The lowest BCUT2D eigenvalue weighted by Gasteiger charge is -2.03. The molecule has 0 aromatic carbocycles. The van der Waals surface area contributed by atoms with E-state index in [1.165, 1.54) is 4.68 Å². The molecule has 0 fully saturated rings. The molecule has 92 valence electrons. The molecule has 5 N–H and O–H groups in total. The van der Waals surface area contributed by atoms with E-state index in [9.17, 15) is 0 Å². The van der Waals surface area contributed by atoms with Gasteiger partial charge in [0.05, 0.1) is 17.1 Å². The van der Waals surface area contributed by atoms with Crippen LogP contribution in [0.4, 0.5) is 0 Å². The van der Waals surface area contributed by atoms with E-state index in [0.717, 1.165) is 22.7 Å². The molecular formula is C9H14N6S2. The van der Waals surface area contributed by atoms with Crippen molar-refractivity contribution in [3.8, 4) is 0 Å². The Labute approximate surface area is 110 Å². The first-order chi connectivity index (χ1) is 7.84. The molecule has 0 aliphatic carbocycles. The van der Waals surface area contributed by atoms with Crippen molar-refractivity contribution in [2.75, 3.05) is 0 Å². The van der Waals surface area contributed by atoms with Gasteiger partial charge in [-0.15, -0.1) is 0 Å². The van der Waals surface area contributed by atoms with Gasteiger partial charge in [0.2, 0.25) is 0 Å². The van der Waals surface area contributed by atoms with Crippen LogP contribution < -0.4 is 16.9 Å². The van der Waals surface area contributed by atoms with Crippen LogP contribution in [-0.2, 0) is 0 Å². The number of aryl methyl sites for hydroxylation is 1. The molecule has 0 aliphatic rings. The maximum Gasteiger partial charge on any atom is 0.191 e. The lowest BCUT2D eigenvalue weighted by atomic mass is 10.1. The predicted molar refractivity (Wildman–Crippen MR) is 76.0 cm³/mol. The van der Waals surface area contributed by atoms with E-state index in [-0.39, 0.29) is 10.2 Å². The minimum absolute atomic E-state index is 0.112. The molecule has 0 radical (unpaired) electrons. The van der Waals surface area contributed by atoms with Crippen LogP contribution >= 0.6 is 24.4 Å². The number of hydrazone groups is 1. The van der Waals surface area contributed by atoms with Crippen LogP contribution in [0.1, 0.15) is 23.9 Å². The van der Waals surface area contributed by atoms with Crippen molar-refractivity contribution in [3.63, 3.8) is 0 Å². The molecule has 17 heavy (non-hydrogen) atoms. The fourth-order valence-corrected chi connectivity index (χ4v) is 1.80. The fraction of sp³-hybridized carbons (Fsp3) is 0.333. The standard InChI is InChI=1S/C9H14N6S2/c1-4(12-13-8(10)16)7-5(2)14-15(6(7)3)9(11)17/h1-3H3,(H2,11,17)(H3,10,13,16)/b12-4+. The summed E-state index contributed by atoms with van der Waals surface area (Å²) in [6.07, 6.45) is 0. The van der Waals surface area contributed by atoms with E-state index in [4.69, 9.17) is 23.7 Å². The van der Waals surface area contributed by atoms with Gasteiger partial charge in [0, 0.05) is 5.56 Å². The SMILES string of the molecule is C/C(=N\NC(N)=S)c1c(C)nn(C(N)=S)c1C. The van der Waals surface area contributed by atoms with Crippen LogP contribution in [0.2, 0.25) is 0 Å². The molecule has 0 amide bonds. The summed E-state index contributed by atoms with van der Waals surface area (Å²) < 4.78 is 1.50. The molecule has 0 bridgehead atoms. The summed E-state index contributed by atoms with van der Waals surface area (Å²) in [5, 5.41) is 8.60. The highest BCUT2D eigenvalue weighted by molar-refractivity contribution is 7.80. The van der Waals surface area contributed by atoms with E-state index in [1.807, 2.05) is 20.8 Å². The number of hydrogen-bond donors (Lipinski definition) is 3. The third-order valence-electron chi connectivity index (χ3n) is 2.20. The van der Waals surface area contributed by atoms with E-state index >= 15 is 0 Å². The summed E-state index contributed by atoms with van der Waals surface area (Å²) in [4.78, 5) is 0. The Morgan fingerprint density at radius 1 is 1.35 bits per heavy atom. The van der Waals surface area contributed by atoms with Gasteiger partial charge in [-0.05, 0) is 45.2 Å². The van der Waals surface area contributed by atoms with Crippen LogP contribution in [0.25, 0.3) is 0 Å². The minimum Gasteiger partial charge on any atom is -0.375 e. The number of hydrogen-bond acceptors (Lipinski definition) is 4. The first-order valence-corrected chi connectivity index (χ1v) is 5.62. The molecule has 0 unspecified atom stereocenters. The number of nitrogens with zero attached hydrogens (tertiary/aromatic N) is 3. The second kappa shape index (κ2) is 5.19. The van der Waals surface area contributed by atoms with Gasteiger partial charge in [0.15, 0.2) is 10.2 Å². The van der Waals surface area contributed by atoms with E-state index < -0.39 is 0 Å². The molecule has 0 spiro atoms. The summed E-state index contributed by atoms with van der Waals surface area (Å²) >= 11 is 9.57. The van der Waals surface area contributed by atoms with Crippen molar-refractivity contribution in [2.45, 2.75) is 20.8 Å². The average molecular weight is 270 g/mol. The highest BCUT2D eigenvalue weighted by atomic mass is 32.1.